The number of hydrogen-bond acceptors (Lipinski definition) is 2. The highest BCUT2D eigenvalue weighted by molar-refractivity contribution is 5.30. The number of hydrogen-bond donors (Lipinski definition) is 0. The number of aryl methyl sites for hydroxylation is 1. The summed E-state index contributed by atoms with van der Waals surface area (Å²) in [6.45, 7) is 3.87. The first-order valence-corrected chi connectivity index (χ1v) is 4.74. The zero-order valence-electron chi connectivity index (χ0n) is 8.79. The molecule has 0 amide bonds. The van der Waals surface area contributed by atoms with Crippen LogP contribution in [0.5, 0.6) is 0 Å². The second-order valence-corrected chi connectivity index (χ2v) is 3.21. The fourth-order valence-electron chi connectivity index (χ4n) is 1.55. The van der Waals surface area contributed by atoms with Gasteiger partial charge in [-0.05, 0) is 25.0 Å². The third-order valence-corrected chi connectivity index (χ3v) is 2.25. The molecular weight excluding hydrogens is 179 g/mol. The summed E-state index contributed by atoms with van der Waals surface area (Å²) in [5.74, 6) is -0.191. The maximum absolute atomic E-state index is 13.5. The molecule has 2 nitrogen and oxygen atoms in total. The van der Waals surface area contributed by atoms with E-state index < -0.39 is 0 Å². The van der Waals surface area contributed by atoms with Gasteiger partial charge in [-0.3, -0.25) is 0 Å². The molecule has 0 aliphatic carbocycles. The third-order valence-electron chi connectivity index (χ3n) is 2.25. The van der Waals surface area contributed by atoms with E-state index in [1.807, 2.05) is 19.9 Å². The monoisotopic (exact) mass is 194 g/mol. The molecule has 0 bridgehead atoms. The Morgan fingerprint density at radius 1 is 1.43 bits per heavy atom. The molecule has 0 aliphatic rings. The van der Waals surface area contributed by atoms with Gasteiger partial charge in [-0.2, -0.15) is 10.2 Å². The lowest BCUT2D eigenvalue weighted by molar-refractivity contribution is 0.561. The van der Waals surface area contributed by atoms with Crippen LogP contribution in [0.25, 0.3) is 0 Å². The van der Waals surface area contributed by atoms with Crippen molar-refractivity contribution in [2.24, 2.45) is 10.2 Å². The molecular formula is C11H15FN2. The molecule has 76 valence electrons. The number of halogens is 1. The fourth-order valence-corrected chi connectivity index (χ4v) is 1.55. The standard InChI is InChI=1S/C11H15FN2/c1-4-10(14-13-3)11-8(2)6-5-7-9(11)12/h5-7,10H,4H2,1-3H3. The highest BCUT2D eigenvalue weighted by Gasteiger charge is 2.15. The molecule has 0 saturated heterocycles. The molecule has 14 heavy (non-hydrogen) atoms. The van der Waals surface area contributed by atoms with Crippen LogP contribution in [0, 0.1) is 12.7 Å². The van der Waals surface area contributed by atoms with E-state index in [2.05, 4.69) is 10.2 Å². The Bertz CT molecular complexity index is 314. The Balaban J connectivity index is 3.14. The SMILES string of the molecule is CCC(N=NC)c1c(C)cccc1F. The van der Waals surface area contributed by atoms with Crippen LogP contribution in [-0.4, -0.2) is 7.05 Å². The molecule has 1 unspecified atom stereocenters. The molecule has 0 spiro atoms. The van der Waals surface area contributed by atoms with Crippen molar-refractivity contribution in [3.8, 4) is 0 Å². The topological polar surface area (TPSA) is 24.7 Å². The Labute approximate surface area is 83.9 Å². The van der Waals surface area contributed by atoms with Gasteiger partial charge in [0.15, 0.2) is 0 Å². The van der Waals surface area contributed by atoms with Gasteiger partial charge >= 0.3 is 0 Å². The second kappa shape index (κ2) is 4.84. The van der Waals surface area contributed by atoms with Gasteiger partial charge in [0, 0.05) is 12.6 Å². The zero-order chi connectivity index (χ0) is 10.6. The van der Waals surface area contributed by atoms with Crippen LogP contribution < -0.4 is 0 Å². The van der Waals surface area contributed by atoms with Gasteiger partial charge in [-0.15, -0.1) is 0 Å². The Morgan fingerprint density at radius 3 is 2.64 bits per heavy atom. The van der Waals surface area contributed by atoms with E-state index in [9.17, 15) is 4.39 Å². The summed E-state index contributed by atoms with van der Waals surface area (Å²) < 4.78 is 13.5. The van der Waals surface area contributed by atoms with E-state index in [-0.39, 0.29) is 11.9 Å². The number of rotatable bonds is 3. The maximum Gasteiger partial charge on any atom is 0.128 e. The van der Waals surface area contributed by atoms with Crippen LogP contribution in [0.15, 0.2) is 28.4 Å². The van der Waals surface area contributed by atoms with Crippen molar-refractivity contribution in [2.75, 3.05) is 7.05 Å². The van der Waals surface area contributed by atoms with Gasteiger partial charge in [-0.1, -0.05) is 19.1 Å². The van der Waals surface area contributed by atoms with E-state index in [4.69, 9.17) is 0 Å². The van der Waals surface area contributed by atoms with E-state index in [1.165, 1.54) is 6.07 Å². The normalized spacial score (nSPS) is 13.4. The van der Waals surface area contributed by atoms with E-state index in [0.717, 1.165) is 12.0 Å². The molecule has 0 saturated carbocycles. The van der Waals surface area contributed by atoms with Gasteiger partial charge in [0.2, 0.25) is 0 Å². The molecule has 1 rings (SSSR count). The first-order chi connectivity index (χ1) is 6.70. The smallest absolute Gasteiger partial charge is 0.128 e. The quantitative estimate of drug-likeness (QED) is 0.656. The highest BCUT2D eigenvalue weighted by atomic mass is 19.1. The Morgan fingerprint density at radius 2 is 2.14 bits per heavy atom. The van der Waals surface area contributed by atoms with Crippen LogP contribution in [0.4, 0.5) is 4.39 Å². The molecule has 0 aliphatic heterocycles. The predicted octanol–water partition coefficient (Wildman–Crippen LogP) is 3.67. The van der Waals surface area contributed by atoms with Gasteiger partial charge in [0.25, 0.3) is 0 Å². The fraction of sp³-hybridized carbons (Fsp3) is 0.455. The largest absolute Gasteiger partial charge is 0.207 e. The van der Waals surface area contributed by atoms with Crippen molar-refractivity contribution in [2.45, 2.75) is 26.3 Å². The van der Waals surface area contributed by atoms with Crippen molar-refractivity contribution in [3.63, 3.8) is 0 Å². The highest BCUT2D eigenvalue weighted by Crippen LogP contribution is 2.26. The molecule has 0 heterocycles. The van der Waals surface area contributed by atoms with Gasteiger partial charge in [-0.25, -0.2) is 4.39 Å². The minimum Gasteiger partial charge on any atom is -0.207 e. The lowest BCUT2D eigenvalue weighted by Gasteiger charge is -2.12. The summed E-state index contributed by atoms with van der Waals surface area (Å²) in [4.78, 5) is 0. The van der Waals surface area contributed by atoms with Crippen molar-refractivity contribution in [1.29, 1.82) is 0 Å². The molecule has 1 atom stereocenters. The van der Waals surface area contributed by atoms with Crippen LogP contribution in [0.2, 0.25) is 0 Å². The molecule has 0 fully saturated rings. The predicted molar refractivity (Wildman–Crippen MR) is 54.9 cm³/mol. The number of benzene rings is 1. The van der Waals surface area contributed by atoms with E-state index in [1.54, 1.807) is 13.1 Å². The summed E-state index contributed by atoms with van der Waals surface area (Å²) in [5.41, 5.74) is 1.60. The van der Waals surface area contributed by atoms with Crippen LogP contribution in [-0.2, 0) is 0 Å². The average Bonchev–Trinajstić information content (AvgIpc) is 2.16. The van der Waals surface area contributed by atoms with Crippen molar-refractivity contribution in [1.82, 2.24) is 0 Å². The summed E-state index contributed by atoms with van der Waals surface area (Å²) in [5, 5.41) is 7.74. The first-order valence-electron chi connectivity index (χ1n) is 4.74. The van der Waals surface area contributed by atoms with Gasteiger partial charge < -0.3 is 0 Å². The summed E-state index contributed by atoms with van der Waals surface area (Å²) >= 11 is 0. The Kier molecular flexibility index (Phi) is 3.74. The van der Waals surface area contributed by atoms with Crippen molar-refractivity contribution >= 4 is 0 Å². The van der Waals surface area contributed by atoms with Crippen molar-refractivity contribution in [3.05, 3.63) is 35.1 Å². The zero-order valence-corrected chi connectivity index (χ0v) is 8.79. The minimum absolute atomic E-state index is 0.152. The average molecular weight is 194 g/mol. The van der Waals surface area contributed by atoms with E-state index >= 15 is 0 Å². The lowest BCUT2D eigenvalue weighted by atomic mass is 9.99. The molecule has 1 aromatic carbocycles. The summed E-state index contributed by atoms with van der Waals surface area (Å²) in [7, 11) is 1.61. The van der Waals surface area contributed by atoms with E-state index in [0.29, 0.717) is 5.56 Å². The third kappa shape index (κ3) is 2.16. The van der Waals surface area contributed by atoms with Crippen LogP contribution >= 0.6 is 0 Å². The maximum atomic E-state index is 13.5. The summed E-state index contributed by atoms with van der Waals surface area (Å²) in [6, 6.07) is 4.92. The van der Waals surface area contributed by atoms with Crippen molar-refractivity contribution < 1.29 is 4.39 Å². The Hall–Kier alpha value is -1.25. The second-order valence-electron chi connectivity index (χ2n) is 3.21. The van der Waals surface area contributed by atoms with Gasteiger partial charge in [0.1, 0.15) is 5.82 Å². The first kappa shape index (κ1) is 10.8. The number of nitrogens with zero attached hydrogens (tertiary/aromatic N) is 2. The molecule has 0 N–H and O–H groups in total. The minimum atomic E-state index is -0.191. The summed E-state index contributed by atoms with van der Waals surface area (Å²) in [6.07, 6.45) is 0.763. The lowest BCUT2D eigenvalue weighted by Crippen LogP contribution is -2.00. The van der Waals surface area contributed by atoms with Crippen LogP contribution in [0.3, 0.4) is 0 Å². The molecule has 0 radical (unpaired) electrons. The molecule has 0 aromatic heterocycles. The van der Waals surface area contributed by atoms with Gasteiger partial charge in [0.05, 0.1) is 6.04 Å². The molecule has 3 heteroatoms. The van der Waals surface area contributed by atoms with Crippen LogP contribution in [0.1, 0.15) is 30.5 Å². The molecule has 1 aromatic rings. The number of azo groups is 1.